The number of carbonyl (C=O) groups is 1. The molecule has 0 saturated heterocycles. The molecule has 1 aromatic heterocycles. The molecule has 1 amide bonds. The molecular weight excluding hydrogens is 398 g/mol. The number of amides is 1. The molecule has 0 fully saturated rings. The number of aromatic nitrogens is 1. The van der Waals surface area contributed by atoms with Gasteiger partial charge in [-0.1, -0.05) is 30.3 Å². The number of aliphatic hydroxyl groups is 1. The molecule has 160 valence electrons. The van der Waals surface area contributed by atoms with E-state index in [0.29, 0.717) is 11.3 Å². The Morgan fingerprint density at radius 3 is 2.52 bits per heavy atom. The fraction of sp³-hybridized carbons (Fsp3) is 0.261. The topological polar surface area (TPSA) is 107 Å². The number of rotatable bonds is 5. The molecule has 0 spiro atoms. The number of fused-ring (bicyclic) bond motifs is 1. The Hall–Kier alpha value is -3.65. The third kappa shape index (κ3) is 4.02. The molecule has 0 saturated carbocycles. The molecule has 2 atom stereocenters. The van der Waals surface area contributed by atoms with Crippen molar-refractivity contribution >= 4 is 17.3 Å². The molecule has 1 aliphatic heterocycles. The highest BCUT2D eigenvalue weighted by Gasteiger charge is 2.44. The molecule has 0 bridgehead atoms. The minimum atomic E-state index is -0.964. The van der Waals surface area contributed by atoms with Gasteiger partial charge in [-0.3, -0.25) is 14.9 Å². The first-order chi connectivity index (χ1) is 14.8. The van der Waals surface area contributed by atoms with Crippen molar-refractivity contribution < 1.29 is 19.6 Å². The van der Waals surface area contributed by atoms with Gasteiger partial charge >= 0.3 is 0 Å². The van der Waals surface area contributed by atoms with Gasteiger partial charge < -0.3 is 19.7 Å². The molecule has 2 heterocycles. The summed E-state index contributed by atoms with van der Waals surface area (Å²) in [4.78, 5) is 23.8. The van der Waals surface area contributed by atoms with Crippen molar-refractivity contribution in [2.75, 3.05) is 5.32 Å². The lowest BCUT2D eigenvalue weighted by atomic mass is 9.86. The van der Waals surface area contributed by atoms with Gasteiger partial charge in [-0.25, -0.2) is 0 Å². The molecule has 8 heteroatoms. The third-order valence-corrected chi connectivity index (χ3v) is 5.46. The van der Waals surface area contributed by atoms with Crippen LogP contribution in [0.1, 0.15) is 31.0 Å². The van der Waals surface area contributed by atoms with E-state index < -0.39 is 22.7 Å². The number of hydrogen-bond donors (Lipinski definition) is 2. The summed E-state index contributed by atoms with van der Waals surface area (Å²) in [6, 6.07) is 15.1. The number of hydrogen-bond acceptors (Lipinski definition) is 5. The molecule has 1 aliphatic rings. The van der Waals surface area contributed by atoms with Gasteiger partial charge in [0.2, 0.25) is 5.91 Å². The zero-order chi connectivity index (χ0) is 22.2. The van der Waals surface area contributed by atoms with E-state index in [9.17, 15) is 20.0 Å². The highest BCUT2D eigenvalue weighted by atomic mass is 16.6. The van der Waals surface area contributed by atoms with Crippen molar-refractivity contribution in [3.8, 4) is 5.75 Å². The lowest BCUT2D eigenvalue weighted by Crippen LogP contribution is -2.50. The van der Waals surface area contributed by atoms with Gasteiger partial charge in [0, 0.05) is 18.0 Å². The van der Waals surface area contributed by atoms with Crippen LogP contribution < -0.4 is 10.1 Å². The smallest absolute Gasteiger partial charge is 0.296 e. The van der Waals surface area contributed by atoms with E-state index in [1.54, 1.807) is 13.8 Å². The average molecular weight is 421 g/mol. The van der Waals surface area contributed by atoms with E-state index in [4.69, 9.17) is 4.74 Å². The van der Waals surface area contributed by atoms with Crippen LogP contribution in [0.15, 0.2) is 67.0 Å². The maximum Gasteiger partial charge on any atom is 0.296 e. The Balaban J connectivity index is 1.75. The predicted octanol–water partition coefficient (Wildman–Crippen LogP) is 3.70. The summed E-state index contributed by atoms with van der Waals surface area (Å²) in [5.41, 5.74) is 0.194. The zero-order valence-corrected chi connectivity index (χ0v) is 17.2. The van der Waals surface area contributed by atoms with Gasteiger partial charge in [-0.15, -0.1) is 0 Å². The van der Waals surface area contributed by atoms with Gasteiger partial charge in [0.15, 0.2) is 0 Å². The number of nitro benzene ring substituents is 1. The second-order valence-electron chi connectivity index (χ2n) is 8.10. The molecule has 2 N–H and O–H groups in total. The monoisotopic (exact) mass is 421 g/mol. The van der Waals surface area contributed by atoms with E-state index in [-0.39, 0.29) is 23.7 Å². The van der Waals surface area contributed by atoms with Crippen molar-refractivity contribution in [1.29, 1.82) is 0 Å². The molecule has 0 aliphatic carbocycles. The summed E-state index contributed by atoms with van der Waals surface area (Å²) in [5.74, 6) is -0.0638. The number of nitrogens with zero attached hydrogens (tertiary/aromatic N) is 2. The van der Waals surface area contributed by atoms with Crippen LogP contribution in [0.2, 0.25) is 0 Å². The fourth-order valence-electron chi connectivity index (χ4n) is 3.88. The second kappa shape index (κ2) is 7.88. The summed E-state index contributed by atoms with van der Waals surface area (Å²) in [5, 5.41) is 25.4. The number of ether oxygens (including phenoxy) is 1. The fourth-order valence-corrected chi connectivity index (χ4v) is 3.88. The number of benzene rings is 2. The minimum Gasteiger partial charge on any atom is -0.484 e. The van der Waals surface area contributed by atoms with Crippen LogP contribution >= 0.6 is 0 Å². The number of nitrogens with one attached hydrogen (secondary N) is 1. The van der Waals surface area contributed by atoms with E-state index in [0.717, 1.165) is 5.56 Å². The van der Waals surface area contributed by atoms with Crippen molar-refractivity contribution in [1.82, 2.24) is 4.57 Å². The Morgan fingerprint density at radius 2 is 1.87 bits per heavy atom. The number of nitro groups is 1. The molecule has 0 radical (unpaired) electrons. The van der Waals surface area contributed by atoms with E-state index in [1.165, 1.54) is 12.1 Å². The zero-order valence-electron chi connectivity index (χ0n) is 17.2. The van der Waals surface area contributed by atoms with Crippen molar-refractivity contribution in [3.05, 3.63) is 88.2 Å². The van der Waals surface area contributed by atoms with Gasteiger partial charge in [-0.2, -0.15) is 0 Å². The minimum absolute atomic E-state index is 0.0670. The third-order valence-electron chi connectivity index (χ3n) is 5.46. The van der Waals surface area contributed by atoms with E-state index in [1.807, 2.05) is 59.4 Å². The highest BCUT2D eigenvalue weighted by molar-refractivity contribution is 5.95. The molecule has 8 nitrogen and oxygen atoms in total. The maximum atomic E-state index is 12.6. The first-order valence-corrected chi connectivity index (χ1v) is 9.92. The van der Waals surface area contributed by atoms with Crippen molar-refractivity contribution in [3.63, 3.8) is 0 Å². The SMILES string of the molecule is CC1(C)Oc2cc([N+](=O)[O-])c(NC(=O)Cc3ccccc3)cc2[C@H](n2cccc2)[C@H]1O. The van der Waals surface area contributed by atoms with Crippen molar-refractivity contribution in [2.45, 2.75) is 38.0 Å². The van der Waals surface area contributed by atoms with Crippen LogP contribution in [0.5, 0.6) is 5.75 Å². The molecule has 0 unspecified atom stereocenters. The van der Waals surface area contributed by atoms with Crippen LogP contribution in [0.3, 0.4) is 0 Å². The summed E-state index contributed by atoms with van der Waals surface area (Å²) in [6.07, 6.45) is 2.80. The Kier molecular flexibility index (Phi) is 5.24. The summed E-state index contributed by atoms with van der Waals surface area (Å²) in [6.45, 7) is 3.47. The average Bonchev–Trinajstić information content (AvgIpc) is 3.23. The van der Waals surface area contributed by atoms with Crippen LogP contribution in [0.25, 0.3) is 0 Å². The van der Waals surface area contributed by atoms with Gasteiger partial charge in [0.1, 0.15) is 23.1 Å². The van der Waals surface area contributed by atoms with Crippen LogP contribution in [-0.4, -0.2) is 32.2 Å². The Morgan fingerprint density at radius 1 is 1.19 bits per heavy atom. The quantitative estimate of drug-likeness (QED) is 0.483. The Bertz CT molecular complexity index is 1110. The molecule has 31 heavy (non-hydrogen) atoms. The predicted molar refractivity (Wildman–Crippen MR) is 115 cm³/mol. The molecule has 3 aromatic rings. The number of aliphatic hydroxyl groups excluding tert-OH is 1. The molecular formula is C23H23N3O5. The normalized spacial score (nSPS) is 19.2. The van der Waals surface area contributed by atoms with Gasteiger partial charge in [0.25, 0.3) is 5.69 Å². The van der Waals surface area contributed by atoms with E-state index in [2.05, 4.69) is 5.32 Å². The largest absolute Gasteiger partial charge is 0.484 e. The maximum absolute atomic E-state index is 12.6. The van der Waals surface area contributed by atoms with Gasteiger partial charge in [-0.05, 0) is 37.6 Å². The second-order valence-corrected chi connectivity index (χ2v) is 8.10. The lowest BCUT2D eigenvalue weighted by molar-refractivity contribution is -0.384. The van der Waals surface area contributed by atoms with E-state index >= 15 is 0 Å². The molecule has 2 aromatic carbocycles. The summed E-state index contributed by atoms with van der Waals surface area (Å²) < 4.78 is 7.75. The van der Waals surface area contributed by atoms with Gasteiger partial charge in [0.05, 0.1) is 23.5 Å². The summed E-state index contributed by atoms with van der Waals surface area (Å²) >= 11 is 0. The number of anilines is 1. The summed E-state index contributed by atoms with van der Waals surface area (Å²) in [7, 11) is 0. The van der Waals surface area contributed by atoms with Crippen LogP contribution in [0.4, 0.5) is 11.4 Å². The van der Waals surface area contributed by atoms with Crippen LogP contribution in [0, 0.1) is 10.1 Å². The van der Waals surface area contributed by atoms with Crippen molar-refractivity contribution in [2.24, 2.45) is 0 Å². The van der Waals surface area contributed by atoms with Crippen LogP contribution in [-0.2, 0) is 11.2 Å². The first kappa shape index (κ1) is 20.6. The highest BCUT2D eigenvalue weighted by Crippen LogP contribution is 2.45. The number of carbonyl (C=O) groups excluding carboxylic acids is 1. The molecule has 4 rings (SSSR count). The first-order valence-electron chi connectivity index (χ1n) is 9.92. The lowest BCUT2D eigenvalue weighted by Gasteiger charge is -2.42. The Labute approximate surface area is 179 Å². The standard InChI is InChI=1S/C23H23N3O5/c1-23(2)22(28)21(25-10-6-7-11-25)16-13-17(18(26(29)30)14-19(16)31-23)24-20(27)12-15-8-4-3-5-9-15/h3-11,13-14,21-22,28H,12H2,1-2H3,(H,24,27)/t21-,22+/m0/s1.